The average Bonchev–Trinajstić information content (AvgIpc) is 3.13. The van der Waals surface area contributed by atoms with E-state index < -0.39 is 10.0 Å². The topological polar surface area (TPSA) is 84.5 Å². The number of benzene rings is 2. The van der Waals surface area contributed by atoms with Crippen LogP contribution in [0.5, 0.6) is 5.75 Å². The highest BCUT2D eigenvalue weighted by Crippen LogP contribution is 2.26. The van der Waals surface area contributed by atoms with Gasteiger partial charge in [0.25, 0.3) is 0 Å². The van der Waals surface area contributed by atoms with Gasteiger partial charge in [0.15, 0.2) is 0 Å². The first kappa shape index (κ1) is 19.1. The quantitative estimate of drug-likeness (QED) is 0.713. The maximum atomic E-state index is 12.0. The van der Waals surface area contributed by atoms with E-state index in [1.807, 2.05) is 30.3 Å². The van der Waals surface area contributed by atoms with Gasteiger partial charge < -0.3 is 10.1 Å². The van der Waals surface area contributed by atoms with Crippen molar-refractivity contribution in [2.75, 3.05) is 13.7 Å². The Kier molecular flexibility index (Phi) is 5.93. The zero-order valence-corrected chi connectivity index (χ0v) is 15.9. The van der Waals surface area contributed by atoms with Gasteiger partial charge in [0.2, 0.25) is 15.9 Å². The van der Waals surface area contributed by atoms with Gasteiger partial charge in [-0.05, 0) is 47.5 Å². The maximum Gasteiger partial charge on any atom is 0.244 e. The van der Waals surface area contributed by atoms with Crippen molar-refractivity contribution in [1.29, 1.82) is 0 Å². The molecular weight excluding hydrogens is 364 g/mol. The molecule has 0 atom stereocenters. The molecular formula is C20H22N2O4S. The van der Waals surface area contributed by atoms with Crippen molar-refractivity contribution in [1.82, 2.24) is 10.0 Å². The molecule has 0 unspecified atom stereocenters. The van der Waals surface area contributed by atoms with Crippen molar-refractivity contribution in [2.24, 2.45) is 0 Å². The second kappa shape index (κ2) is 8.37. The Morgan fingerprint density at radius 3 is 2.63 bits per heavy atom. The molecule has 0 saturated carbocycles. The third-order valence-corrected chi connectivity index (χ3v) is 5.63. The average molecular weight is 386 g/mol. The molecule has 1 aliphatic heterocycles. The molecule has 2 aromatic carbocycles. The second-order valence-corrected chi connectivity index (χ2v) is 8.22. The van der Waals surface area contributed by atoms with Crippen LogP contribution in [0.2, 0.25) is 0 Å². The fourth-order valence-electron chi connectivity index (χ4n) is 2.78. The third kappa shape index (κ3) is 5.42. The molecule has 2 aromatic rings. The number of sulfonamides is 1. The lowest BCUT2D eigenvalue weighted by atomic mass is 10.1. The molecule has 0 bridgehead atoms. The molecule has 1 heterocycles. The van der Waals surface area contributed by atoms with Gasteiger partial charge in [-0.3, -0.25) is 4.79 Å². The maximum absolute atomic E-state index is 12.0. The summed E-state index contributed by atoms with van der Waals surface area (Å²) in [6.07, 6.45) is 4.18. The van der Waals surface area contributed by atoms with Gasteiger partial charge in [-0.15, -0.1) is 0 Å². The number of fused-ring (bicyclic) bond motifs is 1. The van der Waals surface area contributed by atoms with Gasteiger partial charge in [-0.2, -0.15) is 0 Å². The summed E-state index contributed by atoms with van der Waals surface area (Å²) in [6.45, 7) is 1.09. The second-order valence-electron chi connectivity index (χ2n) is 6.30. The number of rotatable bonds is 7. The number of hydrogen-bond acceptors (Lipinski definition) is 4. The van der Waals surface area contributed by atoms with E-state index in [0.29, 0.717) is 18.7 Å². The lowest BCUT2D eigenvalue weighted by Gasteiger charge is -2.06. The molecule has 0 spiro atoms. The Labute approximate surface area is 159 Å². The van der Waals surface area contributed by atoms with Crippen LogP contribution in [-0.2, 0) is 33.5 Å². The smallest absolute Gasteiger partial charge is 0.244 e. The van der Waals surface area contributed by atoms with E-state index >= 15 is 0 Å². The summed E-state index contributed by atoms with van der Waals surface area (Å²) in [5.41, 5.74) is 3.72. The molecule has 1 amide bonds. The predicted molar refractivity (Wildman–Crippen MR) is 105 cm³/mol. The largest absolute Gasteiger partial charge is 0.493 e. The highest BCUT2D eigenvalue weighted by atomic mass is 32.2. The minimum Gasteiger partial charge on any atom is -0.493 e. The molecule has 7 heteroatoms. The Hall–Kier alpha value is -2.64. The Morgan fingerprint density at radius 2 is 1.89 bits per heavy atom. The van der Waals surface area contributed by atoms with Crippen LogP contribution in [0, 0.1) is 0 Å². The standard InChI is InChI=1S/C20H22N2O4S/c1-21-27(24,25)14-17-4-2-16(3-5-17)13-22-20(23)9-7-15-6-8-19-18(12-15)10-11-26-19/h2-9,12,21H,10-11,13-14H2,1H3,(H,22,23)/b9-7+. The minimum absolute atomic E-state index is 0.0648. The Morgan fingerprint density at radius 1 is 1.15 bits per heavy atom. The molecule has 3 rings (SSSR count). The van der Waals surface area contributed by atoms with E-state index in [-0.39, 0.29) is 11.7 Å². The number of carbonyl (C=O) groups is 1. The van der Waals surface area contributed by atoms with Gasteiger partial charge in [-0.1, -0.05) is 30.3 Å². The lowest BCUT2D eigenvalue weighted by Crippen LogP contribution is -2.21. The number of ether oxygens (including phenoxy) is 1. The SMILES string of the molecule is CNS(=O)(=O)Cc1ccc(CNC(=O)/C=C/c2ccc3c(c2)CCO3)cc1. The van der Waals surface area contributed by atoms with E-state index in [2.05, 4.69) is 10.0 Å². The summed E-state index contributed by atoms with van der Waals surface area (Å²) in [7, 11) is -1.89. The van der Waals surface area contributed by atoms with Crippen LogP contribution in [0.3, 0.4) is 0 Å². The number of nitrogens with one attached hydrogen (secondary N) is 2. The van der Waals surface area contributed by atoms with Crippen molar-refractivity contribution in [3.05, 3.63) is 70.8 Å². The Bertz CT molecular complexity index is 950. The first-order chi connectivity index (χ1) is 12.9. The van der Waals surface area contributed by atoms with Crippen molar-refractivity contribution in [3.8, 4) is 5.75 Å². The molecule has 2 N–H and O–H groups in total. The fourth-order valence-corrected chi connectivity index (χ4v) is 3.55. The van der Waals surface area contributed by atoms with Crippen LogP contribution < -0.4 is 14.8 Å². The van der Waals surface area contributed by atoms with Gasteiger partial charge in [-0.25, -0.2) is 13.1 Å². The van der Waals surface area contributed by atoms with Crippen molar-refractivity contribution >= 4 is 22.0 Å². The van der Waals surface area contributed by atoms with E-state index in [1.165, 1.54) is 13.1 Å². The highest BCUT2D eigenvalue weighted by Gasteiger charge is 2.11. The zero-order valence-electron chi connectivity index (χ0n) is 15.1. The Balaban J connectivity index is 1.51. The summed E-state index contributed by atoms with van der Waals surface area (Å²) in [6, 6.07) is 13.0. The van der Waals surface area contributed by atoms with E-state index in [0.717, 1.165) is 28.9 Å². The first-order valence-corrected chi connectivity index (χ1v) is 10.3. The molecule has 27 heavy (non-hydrogen) atoms. The minimum atomic E-state index is -3.29. The van der Waals surface area contributed by atoms with E-state index in [4.69, 9.17) is 4.74 Å². The van der Waals surface area contributed by atoms with Crippen LogP contribution in [0.25, 0.3) is 6.08 Å². The van der Waals surface area contributed by atoms with Crippen molar-refractivity contribution < 1.29 is 17.9 Å². The van der Waals surface area contributed by atoms with Gasteiger partial charge in [0.1, 0.15) is 5.75 Å². The van der Waals surface area contributed by atoms with Crippen LogP contribution in [0.1, 0.15) is 22.3 Å². The molecule has 6 nitrogen and oxygen atoms in total. The van der Waals surface area contributed by atoms with Crippen molar-refractivity contribution in [3.63, 3.8) is 0 Å². The molecule has 0 saturated heterocycles. The molecule has 1 aliphatic rings. The normalized spacial score (nSPS) is 13.4. The first-order valence-electron chi connectivity index (χ1n) is 8.66. The molecule has 0 radical (unpaired) electrons. The molecule has 0 aromatic heterocycles. The number of hydrogen-bond donors (Lipinski definition) is 2. The van der Waals surface area contributed by atoms with E-state index in [1.54, 1.807) is 18.2 Å². The summed E-state index contributed by atoms with van der Waals surface area (Å²) in [5.74, 6) is 0.668. The van der Waals surface area contributed by atoms with Gasteiger partial charge in [0, 0.05) is 19.0 Å². The van der Waals surface area contributed by atoms with Crippen LogP contribution in [0.4, 0.5) is 0 Å². The zero-order chi connectivity index (χ0) is 19.3. The van der Waals surface area contributed by atoms with Crippen LogP contribution >= 0.6 is 0 Å². The number of amides is 1. The monoisotopic (exact) mass is 386 g/mol. The molecule has 0 aliphatic carbocycles. The summed E-state index contributed by atoms with van der Waals surface area (Å²) >= 11 is 0. The summed E-state index contributed by atoms with van der Waals surface area (Å²) in [4.78, 5) is 12.0. The highest BCUT2D eigenvalue weighted by molar-refractivity contribution is 7.88. The summed E-state index contributed by atoms with van der Waals surface area (Å²) in [5, 5.41) is 2.82. The molecule has 0 fully saturated rings. The fraction of sp³-hybridized carbons (Fsp3) is 0.250. The lowest BCUT2D eigenvalue weighted by molar-refractivity contribution is -0.116. The van der Waals surface area contributed by atoms with Crippen LogP contribution in [0.15, 0.2) is 48.5 Å². The van der Waals surface area contributed by atoms with Crippen LogP contribution in [-0.4, -0.2) is 28.0 Å². The van der Waals surface area contributed by atoms with Crippen molar-refractivity contribution in [2.45, 2.75) is 18.7 Å². The molecule has 142 valence electrons. The third-order valence-electron chi connectivity index (χ3n) is 4.30. The van der Waals surface area contributed by atoms with Gasteiger partial charge >= 0.3 is 0 Å². The van der Waals surface area contributed by atoms with Gasteiger partial charge in [0.05, 0.1) is 12.4 Å². The number of carbonyl (C=O) groups excluding carboxylic acids is 1. The predicted octanol–water partition coefficient (Wildman–Crippen LogP) is 2.00. The summed E-state index contributed by atoms with van der Waals surface area (Å²) < 4.78 is 30.8. The van der Waals surface area contributed by atoms with E-state index in [9.17, 15) is 13.2 Å².